The van der Waals surface area contributed by atoms with Crippen LogP contribution in [0, 0.1) is 29.5 Å². The maximum Gasteiger partial charge on any atom is 0.245 e. The summed E-state index contributed by atoms with van der Waals surface area (Å²) in [4.78, 5) is 21.1. The van der Waals surface area contributed by atoms with Crippen molar-refractivity contribution in [3.8, 4) is 11.1 Å². The first-order valence-corrected chi connectivity index (χ1v) is 13.0. The summed E-state index contributed by atoms with van der Waals surface area (Å²) in [7, 11) is 0. The van der Waals surface area contributed by atoms with Gasteiger partial charge in [0.15, 0.2) is 11.6 Å². The molecule has 3 fully saturated rings. The van der Waals surface area contributed by atoms with Crippen LogP contribution in [0.15, 0.2) is 31.0 Å². The van der Waals surface area contributed by atoms with Gasteiger partial charge in [-0.3, -0.25) is 9.89 Å². The van der Waals surface area contributed by atoms with Crippen LogP contribution in [0.2, 0.25) is 0 Å². The molecule has 7 heteroatoms. The molecule has 1 aromatic carbocycles. The Morgan fingerprint density at radius 1 is 1.25 bits per heavy atom. The van der Waals surface area contributed by atoms with E-state index < -0.39 is 0 Å². The zero-order valence-electron chi connectivity index (χ0n) is 21.2. The molecule has 2 aliphatic heterocycles. The highest BCUT2D eigenvalue weighted by Crippen LogP contribution is 2.63. The summed E-state index contributed by atoms with van der Waals surface area (Å²) in [5.41, 5.74) is 6.03. The molecule has 1 saturated carbocycles. The van der Waals surface area contributed by atoms with E-state index in [0.717, 1.165) is 71.2 Å². The maximum atomic E-state index is 16.8. The molecule has 1 spiro atoms. The number of benzene rings is 1. The van der Waals surface area contributed by atoms with Crippen molar-refractivity contribution in [2.24, 2.45) is 16.7 Å². The standard InChI is InChI=1S/C29H32FN5O/c1-5-22(36)35-14-29(15-35)8-9-34(13-29)27-25(30)24(23-16(2)6-7-21-19(23)12-31-33-21)18-10-17-11-20(26(18)32-27)28(17,3)4/h5-7,12,17,20H,1,8-11,13-15H2,2-4H3,(H,31,33)/t17-,20-/m0/s1. The molecule has 2 aromatic heterocycles. The lowest BCUT2D eigenvalue weighted by atomic mass is 9.48. The Bertz CT molecular complexity index is 1450. The van der Waals surface area contributed by atoms with Crippen LogP contribution in [0.25, 0.3) is 22.0 Å². The third kappa shape index (κ3) is 2.80. The predicted molar refractivity (Wildman–Crippen MR) is 138 cm³/mol. The lowest BCUT2D eigenvalue weighted by Gasteiger charge is -2.57. The van der Waals surface area contributed by atoms with Gasteiger partial charge in [0.25, 0.3) is 0 Å². The molecule has 0 unspecified atom stereocenters. The molecule has 2 bridgehead atoms. The molecule has 186 valence electrons. The largest absolute Gasteiger partial charge is 0.353 e. The summed E-state index contributed by atoms with van der Waals surface area (Å²) in [6, 6.07) is 4.07. The Balaban J connectivity index is 1.37. The van der Waals surface area contributed by atoms with Crippen LogP contribution < -0.4 is 4.90 Å². The number of nitrogens with zero attached hydrogens (tertiary/aromatic N) is 4. The van der Waals surface area contributed by atoms with Crippen LogP contribution in [0.1, 0.15) is 49.4 Å². The number of amides is 1. The summed E-state index contributed by atoms with van der Waals surface area (Å²) in [6.07, 6.45) is 6.14. The first-order valence-electron chi connectivity index (χ1n) is 13.0. The molecule has 2 saturated heterocycles. The van der Waals surface area contributed by atoms with Crippen molar-refractivity contribution in [2.45, 2.75) is 46.0 Å². The van der Waals surface area contributed by atoms with Gasteiger partial charge in [-0.2, -0.15) is 5.10 Å². The fourth-order valence-electron chi connectivity index (χ4n) is 7.52. The van der Waals surface area contributed by atoms with E-state index in [1.807, 2.05) is 17.2 Å². The highest BCUT2D eigenvalue weighted by Gasteiger charge is 2.55. The number of likely N-dealkylation sites (tertiary alicyclic amines) is 1. The van der Waals surface area contributed by atoms with Gasteiger partial charge in [-0.1, -0.05) is 26.5 Å². The lowest BCUT2D eigenvalue weighted by molar-refractivity contribution is -0.136. The number of H-pyrrole nitrogens is 1. The van der Waals surface area contributed by atoms with Crippen LogP contribution in [0.5, 0.6) is 0 Å². The van der Waals surface area contributed by atoms with Crippen molar-refractivity contribution in [1.82, 2.24) is 20.1 Å². The average Bonchev–Trinajstić information content (AvgIpc) is 3.50. The summed E-state index contributed by atoms with van der Waals surface area (Å²) in [5, 5.41) is 8.29. The number of hydrogen-bond acceptors (Lipinski definition) is 4. The van der Waals surface area contributed by atoms with Crippen LogP contribution in [0.3, 0.4) is 0 Å². The normalized spacial score (nSPS) is 25.0. The molecule has 1 N–H and O–H groups in total. The van der Waals surface area contributed by atoms with Crippen molar-refractivity contribution in [3.05, 3.63) is 53.6 Å². The highest BCUT2D eigenvalue weighted by atomic mass is 19.1. The number of aromatic amines is 1. The lowest BCUT2D eigenvalue weighted by Crippen LogP contribution is -2.59. The highest BCUT2D eigenvalue weighted by molar-refractivity contribution is 5.98. The topological polar surface area (TPSA) is 65.1 Å². The minimum Gasteiger partial charge on any atom is -0.353 e. The average molecular weight is 486 g/mol. The Morgan fingerprint density at radius 2 is 2.06 bits per heavy atom. The van der Waals surface area contributed by atoms with Gasteiger partial charge >= 0.3 is 0 Å². The molecule has 3 aromatic rings. The number of pyridine rings is 1. The third-order valence-corrected chi connectivity index (χ3v) is 9.86. The van der Waals surface area contributed by atoms with Crippen LogP contribution >= 0.6 is 0 Å². The van der Waals surface area contributed by atoms with Crippen molar-refractivity contribution < 1.29 is 9.18 Å². The molecule has 0 radical (unpaired) electrons. The summed E-state index contributed by atoms with van der Waals surface area (Å²) < 4.78 is 16.8. The number of anilines is 1. The van der Waals surface area contributed by atoms with E-state index in [2.05, 4.69) is 48.5 Å². The van der Waals surface area contributed by atoms with Crippen LogP contribution in [0.4, 0.5) is 10.2 Å². The minimum atomic E-state index is -0.208. The second kappa shape index (κ2) is 7.17. The first kappa shape index (κ1) is 22.0. The number of carbonyl (C=O) groups is 1. The fourth-order valence-corrected chi connectivity index (χ4v) is 7.52. The zero-order valence-corrected chi connectivity index (χ0v) is 21.2. The SMILES string of the molecule is C=CC(=O)N1CC2(CCN(c3nc4c(c(-c5c(C)ccc6[nH]ncc56)c3F)C[C@H]3C[C@@H]4C3(C)C)C2)C1. The van der Waals surface area contributed by atoms with E-state index in [1.165, 1.54) is 6.08 Å². The number of fused-ring (bicyclic) bond motifs is 1. The maximum absolute atomic E-state index is 16.8. The number of halogens is 1. The molecule has 1 amide bonds. The van der Waals surface area contributed by atoms with Crippen molar-refractivity contribution >= 4 is 22.6 Å². The smallest absolute Gasteiger partial charge is 0.245 e. The fraction of sp³-hybridized carbons (Fsp3) is 0.483. The van der Waals surface area contributed by atoms with Gasteiger partial charge in [-0.25, -0.2) is 9.37 Å². The van der Waals surface area contributed by atoms with Crippen molar-refractivity contribution in [2.75, 3.05) is 31.1 Å². The molecule has 36 heavy (non-hydrogen) atoms. The second-order valence-corrected chi connectivity index (χ2v) is 12.2. The molecular weight excluding hydrogens is 453 g/mol. The Kier molecular flexibility index (Phi) is 4.39. The molecule has 3 aliphatic carbocycles. The monoisotopic (exact) mass is 485 g/mol. The van der Waals surface area contributed by atoms with E-state index >= 15 is 4.39 Å². The Morgan fingerprint density at radius 3 is 2.81 bits per heavy atom. The van der Waals surface area contributed by atoms with Gasteiger partial charge in [0, 0.05) is 48.5 Å². The van der Waals surface area contributed by atoms with E-state index in [0.29, 0.717) is 30.7 Å². The van der Waals surface area contributed by atoms with E-state index in [9.17, 15) is 4.79 Å². The van der Waals surface area contributed by atoms with Gasteiger partial charge in [-0.15, -0.1) is 0 Å². The molecule has 8 rings (SSSR count). The zero-order chi connectivity index (χ0) is 25.0. The number of rotatable bonds is 3. The number of hydrogen-bond donors (Lipinski definition) is 1. The van der Waals surface area contributed by atoms with Gasteiger partial charge < -0.3 is 9.80 Å². The van der Waals surface area contributed by atoms with E-state index in [-0.39, 0.29) is 22.6 Å². The predicted octanol–water partition coefficient (Wildman–Crippen LogP) is 4.98. The first-order chi connectivity index (χ1) is 17.2. The minimum absolute atomic E-state index is 0.0180. The molecule has 6 nitrogen and oxygen atoms in total. The van der Waals surface area contributed by atoms with Crippen molar-refractivity contribution in [3.63, 3.8) is 0 Å². The van der Waals surface area contributed by atoms with E-state index in [1.54, 1.807) is 0 Å². The van der Waals surface area contributed by atoms with Gasteiger partial charge in [0.2, 0.25) is 5.91 Å². The van der Waals surface area contributed by atoms with Gasteiger partial charge in [0.05, 0.1) is 17.4 Å². The number of aryl methyl sites for hydroxylation is 1. The molecule has 2 atom stereocenters. The molecule has 5 aliphatic rings. The second-order valence-electron chi connectivity index (χ2n) is 12.2. The molecular formula is C29H32FN5O. The van der Waals surface area contributed by atoms with Gasteiger partial charge in [-0.05, 0) is 66.4 Å². The Labute approximate surface area is 210 Å². The van der Waals surface area contributed by atoms with Crippen LogP contribution in [-0.2, 0) is 11.2 Å². The third-order valence-electron chi connectivity index (χ3n) is 9.86. The summed E-state index contributed by atoms with van der Waals surface area (Å²) in [6.45, 7) is 13.2. The number of nitrogens with one attached hydrogen (secondary N) is 1. The van der Waals surface area contributed by atoms with Crippen molar-refractivity contribution in [1.29, 1.82) is 0 Å². The number of aromatic nitrogens is 3. The molecule has 4 heterocycles. The van der Waals surface area contributed by atoms with Crippen LogP contribution in [-0.4, -0.2) is 52.2 Å². The Hall–Kier alpha value is -3.22. The van der Waals surface area contributed by atoms with Gasteiger partial charge in [0.1, 0.15) is 0 Å². The quantitative estimate of drug-likeness (QED) is 0.532. The van der Waals surface area contributed by atoms with E-state index in [4.69, 9.17) is 4.98 Å². The summed E-state index contributed by atoms with van der Waals surface area (Å²) >= 11 is 0. The summed E-state index contributed by atoms with van der Waals surface area (Å²) in [5.74, 6) is 1.16. The number of carbonyl (C=O) groups excluding carboxylic acids is 1.